The number of carbonyl (C=O) groups excluding carboxylic acids is 1. The highest BCUT2D eigenvalue weighted by Crippen LogP contribution is 2.17. The molecular weight excluding hydrogens is 322 g/mol. The first kappa shape index (κ1) is 18.4. The van der Waals surface area contributed by atoms with Crippen LogP contribution >= 0.6 is 11.8 Å². The molecule has 2 aromatic carbocycles. The van der Waals surface area contributed by atoms with Gasteiger partial charge in [0, 0.05) is 24.4 Å². The van der Waals surface area contributed by atoms with Gasteiger partial charge in [-0.25, -0.2) is 0 Å². The molecular formula is C19H23NO3S. The van der Waals surface area contributed by atoms with Crippen LogP contribution in [-0.2, 0) is 17.8 Å². The van der Waals surface area contributed by atoms with E-state index in [0.29, 0.717) is 25.9 Å². The molecule has 0 aliphatic carbocycles. The minimum atomic E-state index is -0.0478. The van der Waals surface area contributed by atoms with Crippen LogP contribution in [0.3, 0.4) is 0 Å². The highest BCUT2D eigenvalue weighted by atomic mass is 32.2. The van der Waals surface area contributed by atoms with Gasteiger partial charge in [0.1, 0.15) is 5.75 Å². The van der Waals surface area contributed by atoms with Gasteiger partial charge in [-0.3, -0.25) is 4.79 Å². The Morgan fingerprint density at radius 3 is 2.25 bits per heavy atom. The van der Waals surface area contributed by atoms with Gasteiger partial charge in [-0.05, 0) is 48.1 Å². The summed E-state index contributed by atoms with van der Waals surface area (Å²) >= 11 is 1.68. The normalized spacial score (nSPS) is 10.6. The van der Waals surface area contributed by atoms with E-state index >= 15 is 0 Å². The average molecular weight is 345 g/mol. The lowest BCUT2D eigenvalue weighted by Gasteiger charge is -2.22. The van der Waals surface area contributed by atoms with Gasteiger partial charge in [0.2, 0.25) is 5.91 Å². The quantitative estimate of drug-likeness (QED) is 0.722. The lowest BCUT2D eigenvalue weighted by atomic mass is 10.1. The maximum atomic E-state index is 12.5. The molecule has 0 saturated heterocycles. The van der Waals surface area contributed by atoms with E-state index in [-0.39, 0.29) is 18.3 Å². The van der Waals surface area contributed by atoms with Crippen molar-refractivity contribution in [1.29, 1.82) is 0 Å². The molecule has 0 atom stereocenters. The highest BCUT2D eigenvalue weighted by molar-refractivity contribution is 7.98. The van der Waals surface area contributed by atoms with E-state index in [2.05, 4.69) is 0 Å². The molecule has 5 heteroatoms. The zero-order chi connectivity index (χ0) is 17.4. The summed E-state index contributed by atoms with van der Waals surface area (Å²) in [6.07, 6.45) is 3.03. The molecule has 0 bridgehead atoms. The number of carbonyl (C=O) groups is 1. The summed E-state index contributed by atoms with van der Waals surface area (Å²) in [4.78, 5) is 15.3. The van der Waals surface area contributed by atoms with Crippen molar-refractivity contribution >= 4 is 17.7 Å². The van der Waals surface area contributed by atoms with Crippen molar-refractivity contribution in [1.82, 2.24) is 4.90 Å². The van der Waals surface area contributed by atoms with Crippen LogP contribution in [0.2, 0.25) is 0 Å². The molecule has 24 heavy (non-hydrogen) atoms. The number of phenols is 1. The summed E-state index contributed by atoms with van der Waals surface area (Å²) in [5, 5.41) is 18.5. The number of hydrogen-bond donors (Lipinski definition) is 2. The second kappa shape index (κ2) is 9.35. The van der Waals surface area contributed by atoms with Gasteiger partial charge in [-0.15, -0.1) is 11.8 Å². The molecule has 0 aliphatic heterocycles. The van der Waals surface area contributed by atoms with E-state index in [9.17, 15) is 15.0 Å². The number of phenolic OH excluding ortho intramolecular Hbond substituents is 1. The summed E-state index contributed by atoms with van der Waals surface area (Å²) in [5.41, 5.74) is 2.06. The van der Waals surface area contributed by atoms with Crippen molar-refractivity contribution in [3.63, 3.8) is 0 Å². The number of aromatic hydroxyl groups is 1. The van der Waals surface area contributed by atoms with Crippen molar-refractivity contribution in [3.05, 3.63) is 59.7 Å². The number of aliphatic hydroxyl groups excluding tert-OH is 1. The Kier molecular flexibility index (Phi) is 7.15. The Bertz CT molecular complexity index is 641. The zero-order valence-electron chi connectivity index (χ0n) is 13.8. The number of thioether (sulfide) groups is 1. The Morgan fingerprint density at radius 2 is 1.67 bits per heavy atom. The smallest absolute Gasteiger partial charge is 0.223 e. The topological polar surface area (TPSA) is 60.8 Å². The van der Waals surface area contributed by atoms with E-state index < -0.39 is 0 Å². The van der Waals surface area contributed by atoms with Crippen LogP contribution in [0.1, 0.15) is 17.5 Å². The van der Waals surface area contributed by atoms with Crippen LogP contribution in [0.25, 0.3) is 0 Å². The van der Waals surface area contributed by atoms with Crippen LogP contribution in [0.4, 0.5) is 0 Å². The van der Waals surface area contributed by atoms with E-state index in [1.807, 2.05) is 42.7 Å². The molecule has 2 aromatic rings. The number of benzene rings is 2. The molecule has 0 radical (unpaired) electrons. The summed E-state index contributed by atoms with van der Waals surface area (Å²) in [6.45, 7) is 0.788. The number of hydrogen-bond acceptors (Lipinski definition) is 4. The van der Waals surface area contributed by atoms with Crippen molar-refractivity contribution < 1.29 is 15.0 Å². The summed E-state index contributed by atoms with van der Waals surface area (Å²) in [6, 6.07) is 15.0. The molecule has 1 amide bonds. The molecule has 0 fully saturated rings. The Balaban J connectivity index is 1.94. The van der Waals surface area contributed by atoms with Gasteiger partial charge in [-0.2, -0.15) is 0 Å². The van der Waals surface area contributed by atoms with E-state index in [1.165, 1.54) is 4.90 Å². The number of amides is 1. The monoisotopic (exact) mass is 345 g/mol. The molecule has 128 valence electrons. The van der Waals surface area contributed by atoms with Crippen LogP contribution < -0.4 is 0 Å². The van der Waals surface area contributed by atoms with Crippen molar-refractivity contribution in [3.8, 4) is 5.75 Å². The fraction of sp³-hybridized carbons (Fsp3) is 0.316. The second-order valence-corrected chi connectivity index (χ2v) is 6.43. The molecule has 4 nitrogen and oxygen atoms in total. The maximum Gasteiger partial charge on any atom is 0.223 e. The minimum absolute atomic E-state index is 0.0195. The lowest BCUT2D eigenvalue weighted by molar-refractivity contribution is -0.132. The van der Waals surface area contributed by atoms with E-state index in [0.717, 1.165) is 11.1 Å². The first-order chi connectivity index (χ1) is 11.6. The number of aliphatic hydroxyl groups is 1. The van der Waals surface area contributed by atoms with Gasteiger partial charge in [0.15, 0.2) is 0 Å². The zero-order valence-corrected chi connectivity index (χ0v) is 14.6. The van der Waals surface area contributed by atoms with Gasteiger partial charge < -0.3 is 15.1 Å². The summed E-state index contributed by atoms with van der Waals surface area (Å²) in [7, 11) is 0. The molecule has 2 rings (SSSR count). The third kappa shape index (κ3) is 5.58. The molecule has 0 heterocycles. The van der Waals surface area contributed by atoms with E-state index in [1.54, 1.807) is 28.8 Å². The first-order valence-electron chi connectivity index (χ1n) is 7.92. The molecule has 0 aromatic heterocycles. The Morgan fingerprint density at radius 1 is 1.04 bits per heavy atom. The predicted molar refractivity (Wildman–Crippen MR) is 97.2 cm³/mol. The second-order valence-electron chi connectivity index (χ2n) is 5.55. The SMILES string of the molecule is CSc1ccc(CN(CCO)C(=O)CCc2ccc(O)cc2)cc1. The van der Waals surface area contributed by atoms with Crippen molar-refractivity contribution in [2.45, 2.75) is 24.3 Å². The molecule has 2 N–H and O–H groups in total. The van der Waals surface area contributed by atoms with Gasteiger partial charge >= 0.3 is 0 Å². The van der Waals surface area contributed by atoms with Crippen LogP contribution in [-0.4, -0.2) is 40.4 Å². The third-order valence-electron chi connectivity index (χ3n) is 3.82. The predicted octanol–water partition coefficient (Wildman–Crippen LogP) is 3.07. The molecule has 0 aliphatic rings. The Hall–Kier alpha value is -1.98. The standard InChI is InChI=1S/C19H23NO3S/c1-24-18-9-4-16(5-10-18)14-20(12-13-21)19(23)11-6-15-2-7-17(22)8-3-15/h2-5,7-10,21-22H,6,11-14H2,1H3. The Labute approximate surface area is 147 Å². The van der Waals surface area contributed by atoms with Crippen LogP contribution in [0.5, 0.6) is 5.75 Å². The van der Waals surface area contributed by atoms with Crippen molar-refractivity contribution in [2.75, 3.05) is 19.4 Å². The third-order valence-corrected chi connectivity index (χ3v) is 4.56. The molecule has 0 spiro atoms. The first-order valence-corrected chi connectivity index (χ1v) is 9.14. The number of rotatable bonds is 8. The maximum absolute atomic E-state index is 12.5. The minimum Gasteiger partial charge on any atom is -0.508 e. The highest BCUT2D eigenvalue weighted by Gasteiger charge is 2.13. The van der Waals surface area contributed by atoms with Gasteiger partial charge in [0.05, 0.1) is 6.61 Å². The largest absolute Gasteiger partial charge is 0.508 e. The summed E-state index contributed by atoms with van der Waals surface area (Å²) < 4.78 is 0. The van der Waals surface area contributed by atoms with Crippen LogP contribution in [0.15, 0.2) is 53.4 Å². The fourth-order valence-corrected chi connectivity index (χ4v) is 2.84. The summed E-state index contributed by atoms with van der Waals surface area (Å²) in [5.74, 6) is 0.242. The van der Waals surface area contributed by atoms with Crippen LogP contribution in [0, 0.1) is 0 Å². The molecule has 0 saturated carbocycles. The molecule has 0 unspecified atom stereocenters. The fourth-order valence-electron chi connectivity index (χ4n) is 2.44. The van der Waals surface area contributed by atoms with E-state index in [4.69, 9.17) is 0 Å². The number of aryl methyl sites for hydroxylation is 1. The van der Waals surface area contributed by atoms with Gasteiger partial charge in [0.25, 0.3) is 0 Å². The number of nitrogens with zero attached hydrogens (tertiary/aromatic N) is 1. The lowest BCUT2D eigenvalue weighted by Crippen LogP contribution is -2.33. The average Bonchev–Trinajstić information content (AvgIpc) is 2.61. The van der Waals surface area contributed by atoms with Gasteiger partial charge in [-0.1, -0.05) is 24.3 Å². The van der Waals surface area contributed by atoms with Crippen molar-refractivity contribution in [2.24, 2.45) is 0 Å².